The van der Waals surface area contributed by atoms with E-state index in [2.05, 4.69) is 4.98 Å². The van der Waals surface area contributed by atoms with Crippen molar-refractivity contribution in [1.29, 1.82) is 0 Å². The summed E-state index contributed by atoms with van der Waals surface area (Å²) in [5.74, 6) is -0.536. The predicted octanol–water partition coefficient (Wildman–Crippen LogP) is 4.07. The molecule has 0 spiro atoms. The fraction of sp³-hybridized carbons (Fsp3) is 0.111. The number of nitrogens with one attached hydrogen (secondary N) is 1. The molecule has 0 saturated carbocycles. The minimum Gasteiger partial charge on any atom is -0.508 e. The number of aromatic nitrogens is 1. The van der Waals surface area contributed by atoms with E-state index in [1.54, 1.807) is 25.1 Å². The minimum absolute atomic E-state index is 0.0626. The van der Waals surface area contributed by atoms with E-state index in [-0.39, 0.29) is 29.4 Å². The maximum atomic E-state index is 12.8. The third-order valence-electron chi connectivity index (χ3n) is 3.57. The third-order valence-corrected chi connectivity index (χ3v) is 3.81. The minimum atomic E-state index is -0.439. The fourth-order valence-electron chi connectivity index (χ4n) is 2.35. The second-order valence-electron chi connectivity index (χ2n) is 5.22. The molecule has 122 valence electrons. The summed E-state index contributed by atoms with van der Waals surface area (Å²) in [5, 5.41) is 10.5. The van der Waals surface area contributed by atoms with Gasteiger partial charge in [0.2, 0.25) is 5.78 Å². The number of phenolic OH excluding ortho intramolecular Hbond substituents is 1. The maximum Gasteiger partial charge on any atom is 0.310 e. The third kappa shape index (κ3) is 2.98. The van der Waals surface area contributed by atoms with Crippen molar-refractivity contribution in [1.82, 2.24) is 4.98 Å². The summed E-state index contributed by atoms with van der Waals surface area (Å²) in [7, 11) is 0. The van der Waals surface area contributed by atoms with Gasteiger partial charge < -0.3 is 14.8 Å². The molecule has 0 atom stereocenters. The number of phenols is 1. The van der Waals surface area contributed by atoms with E-state index in [1.165, 1.54) is 24.3 Å². The number of hydrogen-bond donors (Lipinski definition) is 2. The van der Waals surface area contributed by atoms with E-state index in [1.807, 2.05) is 0 Å². The van der Waals surface area contributed by atoms with E-state index in [9.17, 15) is 14.7 Å². The van der Waals surface area contributed by atoms with Gasteiger partial charge in [-0.15, -0.1) is 0 Å². The Balaban J connectivity index is 2.14. The number of halogens is 1. The van der Waals surface area contributed by atoms with Gasteiger partial charge in [0, 0.05) is 22.4 Å². The van der Waals surface area contributed by atoms with Crippen LogP contribution in [0.15, 0.2) is 42.5 Å². The number of esters is 1. The molecule has 0 aliphatic carbocycles. The van der Waals surface area contributed by atoms with Crippen LogP contribution in [0.1, 0.15) is 29.4 Å². The second-order valence-corrected chi connectivity index (χ2v) is 5.66. The first-order valence-electron chi connectivity index (χ1n) is 7.35. The van der Waals surface area contributed by atoms with Crippen molar-refractivity contribution in [3.8, 4) is 11.5 Å². The number of benzene rings is 2. The molecule has 24 heavy (non-hydrogen) atoms. The van der Waals surface area contributed by atoms with Crippen LogP contribution in [0.3, 0.4) is 0 Å². The number of carbonyl (C=O) groups is 2. The molecule has 0 aliphatic rings. The number of ketones is 1. The molecule has 3 rings (SSSR count). The van der Waals surface area contributed by atoms with Crippen LogP contribution in [0.5, 0.6) is 11.5 Å². The van der Waals surface area contributed by atoms with Gasteiger partial charge >= 0.3 is 5.97 Å². The van der Waals surface area contributed by atoms with Crippen molar-refractivity contribution in [2.75, 3.05) is 0 Å². The number of fused-ring (bicyclic) bond motifs is 1. The molecule has 0 radical (unpaired) electrons. The van der Waals surface area contributed by atoms with Gasteiger partial charge in [-0.1, -0.05) is 18.5 Å². The topological polar surface area (TPSA) is 79.4 Å². The molecule has 0 unspecified atom stereocenters. The van der Waals surface area contributed by atoms with Crippen LogP contribution in [0.4, 0.5) is 0 Å². The van der Waals surface area contributed by atoms with E-state index < -0.39 is 5.97 Å². The largest absolute Gasteiger partial charge is 0.508 e. The first-order valence-corrected chi connectivity index (χ1v) is 7.73. The van der Waals surface area contributed by atoms with Crippen molar-refractivity contribution in [3.63, 3.8) is 0 Å². The molecule has 0 fully saturated rings. The summed E-state index contributed by atoms with van der Waals surface area (Å²) < 4.78 is 5.37. The van der Waals surface area contributed by atoms with E-state index in [0.717, 1.165) is 0 Å². The number of ether oxygens (including phenoxy) is 1. The highest BCUT2D eigenvalue weighted by atomic mass is 35.5. The Bertz CT molecular complexity index is 928. The van der Waals surface area contributed by atoms with Crippen molar-refractivity contribution < 1.29 is 19.4 Å². The Morgan fingerprint density at radius 1 is 1.17 bits per heavy atom. The lowest BCUT2D eigenvalue weighted by atomic mass is 10.1. The number of H-pyrrole nitrogens is 1. The smallest absolute Gasteiger partial charge is 0.310 e. The Morgan fingerprint density at radius 3 is 2.54 bits per heavy atom. The summed E-state index contributed by atoms with van der Waals surface area (Å²) in [6.07, 6.45) is 0.188. The van der Waals surface area contributed by atoms with Gasteiger partial charge in [0.25, 0.3) is 0 Å². The van der Waals surface area contributed by atoms with Crippen LogP contribution >= 0.6 is 11.6 Å². The van der Waals surface area contributed by atoms with Crippen LogP contribution < -0.4 is 4.74 Å². The van der Waals surface area contributed by atoms with Gasteiger partial charge in [-0.2, -0.15) is 0 Å². The highest BCUT2D eigenvalue weighted by Gasteiger charge is 2.22. The zero-order chi connectivity index (χ0) is 17.3. The highest BCUT2D eigenvalue weighted by Crippen LogP contribution is 2.33. The van der Waals surface area contributed by atoms with Crippen LogP contribution in [0.2, 0.25) is 5.02 Å². The molecule has 2 aromatic carbocycles. The van der Waals surface area contributed by atoms with Crippen molar-refractivity contribution in [3.05, 3.63) is 58.7 Å². The molecule has 0 aliphatic heterocycles. The molecule has 0 bridgehead atoms. The number of aromatic amines is 1. The van der Waals surface area contributed by atoms with Gasteiger partial charge in [-0.25, -0.2) is 0 Å². The van der Waals surface area contributed by atoms with E-state index in [0.29, 0.717) is 21.5 Å². The van der Waals surface area contributed by atoms with Crippen molar-refractivity contribution in [2.45, 2.75) is 13.3 Å². The molecule has 0 saturated heterocycles. The standard InChI is InChI=1S/C18H14ClNO4/c1-2-15(22)24-18-13-8-5-11(19)9-14(13)20-16(18)17(23)10-3-6-12(21)7-4-10/h3-9,20-21H,2H2,1H3. The summed E-state index contributed by atoms with van der Waals surface area (Å²) in [6, 6.07) is 10.9. The quantitative estimate of drug-likeness (QED) is 0.552. The van der Waals surface area contributed by atoms with Gasteiger partial charge in [-0.05, 0) is 42.5 Å². The number of aromatic hydroxyl groups is 1. The molecule has 6 heteroatoms. The summed E-state index contributed by atoms with van der Waals surface area (Å²) in [6.45, 7) is 1.68. The molecule has 5 nitrogen and oxygen atoms in total. The molecule has 1 aromatic heterocycles. The van der Waals surface area contributed by atoms with Crippen LogP contribution in [-0.2, 0) is 4.79 Å². The fourth-order valence-corrected chi connectivity index (χ4v) is 2.53. The Labute approximate surface area is 142 Å². The number of carbonyl (C=O) groups excluding carboxylic acids is 2. The zero-order valence-corrected chi connectivity index (χ0v) is 13.6. The summed E-state index contributed by atoms with van der Waals surface area (Å²) in [4.78, 5) is 27.5. The van der Waals surface area contributed by atoms with Gasteiger partial charge in [0.15, 0.2) is 5.75 Å². The molecule has 0 amide bonds. The number of rotatable bonds is 4. The van der Waals surface area contributed by atoms with Crippen LogP contribution in [-0.4, -0.2) is 21.8 Å². The van der Waals surface area contributed by atoms with Crippen LogP contribution in [0.25, 0.3) is 10.9 Å². The highest BCUT2D eigenvalue weighted by molar-refractivity contribution is 6.31. The van der Waals surface area contributed by atoms with Gasteiger partial charge in [0.1, 0.15) is 11.4 Å². The Hall–Kier alpha value is -2.79. The first-order chi connectivity index (χ1) is 11.5. The molecular weight excluding hydrogens is 330 g/mol. The number of hydrogen-bond acceptors (Lipinski definition) is 4. The summed E-state index contributed by atoms with van der Waals surface area (Å²) >= 11 is 5.99. The zero-order valence-electron chi connectivity index (χ0n) is 12.8. The van der Waals surface area contributed by atoms with Crippen molar-refractivity contribution >= 4 is 34.3 Å². The normalized spacial score (nSPS) is 10.8. The second kappa shape index (κ2) is 6.37. The van der Waals surface area contributed by atoms with Gasteiger partial charge in [0.05, 0.1) is 5.52 Å². The summed E-state index contributed by atoms with van der Waals surface area (Å²) in [5.41, 5.74) is 1.13. The first kappa shape index (κ1) is 16.1. The van der Waals surface area contributed by atoms with Crippen molar-refractivity contribution in [2.24, 2.45) is 0 Å². The molecular formula is C18H14ClNO4. The molecule has 3 aromatic rings. The maximum absolute atomic E-state index is 12.8. The molecule has 1 heterocycles. The lowest BCUT2D eigenvalue weighted by molar-refractivity contribution is -0.133. The lowest BCUT2D eigenvalue weighted by Crippen LogP contribution is -2.10. The lowest BCUT2D eigenvalue weighted by Gasteiger charge is -2.05. The average molecular weight is 344 g/mol. The monoisotopic (exact) mass is 343 g/mol. The Morgan fingerprint density at radius 2 is 1.88 bits per heavy atom. The SMILES string of the molecule is CCC(=O)Oc1c(C(=O)c2ccc(O)cc2)[nH]c2cc(Cl)ccc12. The average Bonchev–Trinajstić information content (AvgIpc) is 2.92. The van der Waals surface area contributed by atoms with E-state index in [4.69, 9.17) is 16.3 Å². The molecule has 2 N–H and O–H groups in total. The van der Waals surface area contributed by atoms with Crippen LogP contribution in [0, 0.1) is 0 Å². The van der Waals surface area contributed by atoms with E-state index >= 15 is 0 Å². The Kier molecular flexibility index (Phi) is 4.27. The van der Waals surface area contributed by atoms with Gasteiger partial charge in [-0.3, -0.25) is 9.59 Å². The predicted molar refractivity (Wildman–Crippen MR) is 90.8 cm³/mol.